The van der Waals surface area contributed by atoms with E-state index in [2.05, 4.69) is 20.3 Å². The minimum atomic E-state index is -0.102. The molecule has 0 saturated heterocycles. The molecule has 0 bridgehead atoms. The third-order valence-corrected chi connectivity index (χ3v) is 4.70. The number of H-pyrrole nitrogens is 1. The van der Waals surface area contributed by atoms with Gasteiger partial charge in [-0.3, -0.25) is 14.8 Å². The summed E-state index contributed by atoms with van der Waals surface area (Å²) in [6.45, 7) is 4.05. The Balaban J connectivity index is 1.63. The van der Waals surface area contributed by atoms with Crippen molar-refractivity contribution >= 4 is 16.9 Å². The molecule has 1 aliphatic carbocycles. The van der Waals surface area contributed by atoms with Crippen LogP contribution in [0.1, 0.15) is 46.2 Å². The number of carbonyl (C=O) groups excluding carboxylic acids is 1. The second kappa shape index (κ2) is 5.74. The molecule has 2 N–H and O–H groups in total. The summed E-state index contributed by atoms with van der Waals surface area (Å²) in [5.41, 5.74) is 5.45. The van der Waals surface area contributed by atoms with Crippen LogP contribution in [0, 0.1) is 19.8 Å². The molecule has 4 rings (SSSR count). The summed E-state index contributed by atoms with van der Waals surface area (Å²) in [6.07, 6.45) is 5.82. The summed E-state index contributed by atoms with van der Waals surface area (Å²) >= 11 is 0. The average molecular weight is 320 g/mol. The zero-order valence-electron chi connectivity index (χ0n) is 13.8. The molecule has 1 unspecified atom stereocenters. The van der Waals surface area contributed by atoms with Crippen LogP contribution in [-0.2, 0) is 0 Å². The number of amides is 1. The van der Waals surface area contributed by atoms with Gasteiger partial charge in [-0.25, -0.2) is 0 Å². The Labute approximate surface area is 140 Å². The van der Waals surface area contributed by atoms with Crippen LogP contribution in [0.15, 0.2) is 36.7 Å². The van der Waals surface area contributed by atoms with Gasteiger partial charge in [0.05, 0.1) is 22.8 Å². The summed E-state index contributed by atoms with van der Waals surface area (Å²) in [6, 6.07) is 7.69. The van der Waals surface area contributed by atoms with Crippen LogP contribution < -0.4 is 5.32 Å². The average Bonchev–Trinajstić information content (AvgIpc) is 3.31. The Morgan fingerprint density at radius 3 is 2.75 bits per heavy atom. The van der Waals surface area contributed by atoms with Gasteiger partial charge in [0, 0.05) is 12.4 Å². The number of aromatic nitrogens is 3. The molecule has 0 aromatic carbocycles. The van der Waals surface area contributed by atoms with Crippen molar-refractivity contribution in [3.05, 3.63) is 59.2 Å². The maximum Gasteiger partial charge on any atom is 0.268 e. The summed E-state index contributed by atoms with van der Waals surface area (Å²) in [7, 11) is 0. The van der Waals surface area contributed by atoms with Gasteiger partial charge in [-0.1, -0.05) is 6.07 Å². The number of fused-ring (bicyclic) bond motifs is 1. The van der Waals surface area contributed by atoms with Crippen molar-refractivity contribution in [2.75, 3.05) is 0 Å². The third kappa shape index (κ3) is 2.66. The number of aryl methyl sites for hydroxylation is 2. The molecule has 0 spiro atoms. The van der Waals surface area contributed by atoms with Gasteiger partial charge in [-0.05, 0) is 61.9 Å². The fraction of sp³-hybridized carbons (Fsp3) is 0.316. The SMILES string of the molecule is Cc1cccnc1C(NC(=O)c1cc2nccc(C)c2[nH]1)C1CC1. The molecule has 0 radical (unpaired) electrons. The number of nitrogens with one attached hydrogen (secondary N) is 2. The van der Waals surface area contributed by atoms with Gasteiger partial charge < -0.3 is 10.3 Å². The monoisotopic (exact) mass is 320 g/mol. The number of aromatic amines is 1. The van der Waals surface area contributed by atoms with Crippen molar-refractivity contribution in [3.63, 3.8) is 0 Å². The highest BCUT2D eigenvalue weighted by atomic mass is 16.2. The Bertz CT molecular complexity index is 911. The number of nitrogens with zero attached hydrogens (tertiary/aromatic N) is 2. The maximum absolute atomic E-state index is 12.8. The van der Waals surface area contributed by atoms with Crippen LogP contribution in [0.2, 0.25) is 0 Å². The molecule has 1 atom stereocenters. The lowest BCUT2D eigenvalue weighted by Crippen LogP contribution is -2.31. The molecule has 3 aromatic heterocycles. The van der Waals surface area contributed by atoms with Crippen molar-refractivity contribution in [2.24, 2.45) is 5.92 Å². The van der Waals surface area contributed by atoms with E-state index < -0.39 is 0 Å². The molecular formula is C19H20N4O. The van der Waals surface area contributed by atoms with E-state index in [1.807, 2.05) is 38.1 Å². The van der Waals surface area contributed by atoms with Crippen LogP contribution >= 0.6 is 0 Å². The van der Waals surface area contributed by atoms with E-state index in [1.165, 1.54) is 0 Å². The summed E-state index contributed by atoms with van der Waals surface area (Å²) in [5.74, 6) is 0.376. The van der Waals surface area contributed by atoms with Crippen LogP contribution in [0.3, 0.4) is 0 Å². The van der Waals surface area contributed by atoms with Gasteiger partial charge in [0.2, 0.25) is 0 Å². The maximum atomic E-state index is 12.8. The standard InChI is InChI=1S/C19H20N4O/c1-11-4-3-8-21-17(11)18(13-5-6-13)23-19(24)15-10-14-16(22-15)12(2)7-9-20-14/h3-4,7-10,13,18,22H,5-6H2,1-2H3,(H,23,24). The molecule has 1 saturated carbocycles. The quantitative estimate of drug-likeness (QED) is 0.773. The molecule has 1 aliphatic rings. The number of hydrogen-bond donors (Lipinski definition) is 2. The molecule has 0 aliphatic heterocycles. The molecule has 122 valence electrons. The van der Waals surface area contributed by atoms with E-state index in [4.69, 9.17) is 0 Å². The lowest BCUT2D eigenvalue weighted by atomic mass is 10.0. The van der Waals surface area contributed by atoms with Crippen molar-refractivity contribution in [2.45, 2.75) is 32.7 Å². The first-order valence-corrected chi connectivity index (χ1v) is 8.30. The van der Waals surface area contributed by atoms with Crippen molar-refractivity contribution in [1.29, 1.82) is 0 Å². The van der Waals surface area contributed by atoms with E-state index in [9.17, 15) is 4.79 Å². The summed E-state index contributed by atoms with van der Waals surface area (Å²) < 4.78 is 0. The molecule has 3 aromatic rings. The molecule has 1 amide bonds. The van der Waals surface area contributed by atoms with Crippen molar-refractivity contribution in [3.8, 4) is 0 Å². The lowest BCUT2D eigenvalue weighted by molar-refractivity contribution is 0.0926. The van der Waals surface area contributed by atoms with Gasteiger partial charge in [-0.15, -0.1) is 0 Å². The number of hydrogen-bond acceptors (Lipinski definition) is 3. The number of rotatable bonds is 4. The van der Waals surface area contributed by atoms with Gasteiger partial charge in [0.15, 0.2) is 0 Å². The highest BCUT2D eigenvalue weighted by Crippen LogP contribution is 2.41. The van der Waals surface area contributed by atoms with E-state index in [0.717, 1.165) is 40.7 Å². The van der Waals surface area contributed by atoms with Gasteiger partial charge in [0.1, 0.15) is 5.69 Å². The second-order valence-corrected chi connectivity index (χ2v) is 6.57. The van der Waals surface area contributed by atoms with Gasteiger partial charge in [0.25, 0.3) is 5.91 Å². The third-order valence-electron chi connectivity index (χ3n) is 4.70. The summed E-state index contributed by atoms with van der Waals surface area (Å²) in [4.78, 5) is 24.8. The zero-order valence-corrected chi connectivity index (χ0v) is 13.8. The molecule has 24 heavy (non-hydrogen) atoms. The highest BCUT2D eigenvalue weighted by Gasteiger charge is 2.35. The fourth-order valence-corrected chi connectivity index (χ4v) is 3.16. The fourth-order valence-electron chi connectivity index (χ4n) is 3.16. The van der Waals surface area contributed by atoms with E-state index >= 15 is 0 Å². The molecule has 1 fully saturated rings. The van der Waals surface area contributed by atoms with Crippen LogP contribution in [0.4, 0.5) is 0 Å². The number of carbonyl (C=O) groups is 1. The lowest BCUT2D eigenvalue weighted by Gasteiger charge is -2.19. The highest BCUT2D eigenvalue weighted by molar-refractivity contribution is 5.97. The van der Waals surface area contributed by atoms with E-state index in [-0.39, 0.29) is 11.9 Å². The van der Waals surface area contributed by atoms with Crippen LogP contribution in [-0.4, -0.2) is 20.9 Å². The molecule has 5 heteroatoms. The van der Waals surface area contributed by atoms with Crippen molar-refractivity contribution < 1.29 is 4.79 Å². The van der Waals surface area contributed by atoms with Crippen molar-refractivity contribution in [1.82, 2.24) is 20.3 Å². The summed E-state index contributed by atoms with van der Waals surface area (Å²) in [5, 5.41) is 3.17. The zero-order chi connectivity index (χ0) is 16.7. The van der Waals surface area contributed by atoms with E-state index in [1.54, 1.807) is 12.4 Å². The first-order chi connectivity index (χ1) is 11.6. The second-order valence-electron chi connectivity index (χ2n) is 6.57. The Morgan fingerprint density at radius 2 is 2.04 bits per heavy atom. The minimum Gasteiger partial charge on any atom is -0.349 e. The topological polar surface area (TPSA) is 70.7 Å². The van der Waals surface area contributed by atoms with Gasteiger partial charge in [-0.2, -0.15) is 0 Å². The predicted molar refractivity (Wildman–Crippen MR) is 92.7 cm³/mol. The largest absolute Gasteiger partial charge is 0.349 e. The molecule has 5 nitrogen and oxygen atoms in total. The van der Waals surface area contributed by atoms with E-state index in [0.29, 0.717) is 11.6 Å². The molecule has 3 heterocycles. The Hall–Kier alpha value is -2.69. The Kier molecular flexibility index (Phi) is 3.56. The predicted octanol–water partition coefficient (Wildman–Crippen LogP) is 3.46. The number of pyridine rings is 2. The smallest absolute Gasteiger partial charge is 0.268 e. The Morgan fingerprint density at radius 1 is 1.21 bits per heavy atom. The van der Waals surface area contributed by atoms with Gasteiger partial charge >= 0.3 is 0 Å². The molecular weight excluding hydrogens is 300 g/mol. The van der Waals surface area contributed by atoms with Crippen LogP contribution in [0.25, 0.3) is 11.0 Å². The normalized spacial score (nSPS) is 15.4. The van der Waals surface area contributed by atoms with Crippen LogP contribution in [0.5, 0.6) is 0 Å². The first-order valence-electron chi connectivity index (χ1n) is 8.30. The minimum absolute atomic E-state index is 0.0285. The first kappa shape index (κ1) is 14.9.